The van der Waals surface area contributed by atoms with Crippen LogP contribution in [0.5, 0.6) is 5.75 Å². The van der Waals surface area contributed by atoms with E-state index in [0.717, 1.165) is 31.7 Å². The number of carbonyl (C=O) groups excluding carboxylic acids is 1. The molecule has 0 saturated carbocycles. The summed E-state index contributed by atoms with van der Waals surface area (Å²) in [6.45, 7) is 0. The van der Waals surface area contributed by atoms with Crippen LogP contribution in [0.25, 0.3) is 0 Å². The number of halogens is 2. The van der Waals surface area contributed by atoms with Crippen molar-refractivity contribution in [2.75, 3.05) is 7.11 Å². The molecule has 3 nitrogen and oxygen atoms in total. The highest BCUT2D eigenvalue weighted by atomic mass is 19.2. The van der Waals surface area contributed by atoms with Gasteiger partial charge in [0.2, 0.25) is 5.82 Å². The van der Waals surface area contributed by atoms with Crippen molar-refractivity contribution in [3.63, 3.8) is 0 Å². The maximum atomic E-state index is 13.5. The van der Waals surface area contributed by atoms with Gasteiger partial charge in [-0.3, -0.25) is 4.79 Å². The van der Waals surface area contributed by atoms with E-state index in [1.807, 2.05) is 0 Å². The third kappa shape index (κ3) is 2.30. The van der Waals surface area contributed by atoms with Crippen LogP contribution >= 0.6 is 0 Å². The van der Waals surface area contributed by atoms with Crippen LogP contribution in [-0.2, 0) is 0 Å². The highest BCUT2D eigenvalue weighted by Crippen LogP contribution is 2.34. The molecule has 2 aliphatic rings. The molecule has 5 heteroatoms. The molecule has 2 fully saturated rings. The molecule has 2 aliphatic heterocycles. The smallest absolute Gasteiger partial charge is 0.200 e. The average Bonchev–Trinajstić information content (AvgIpc) is 2.79. The number of rotatable bonds is 3. The lowest BCUT2D eigenvalue weighted by atomic mass is 9.86. The molecule has 1 aromatic carbocycles. The van der Waals surface area contributed by atoms with Crippen LogP contribution < -0.4 is 10.1 Å². The van der Waals surface area contributed by atoms with Crippen LogP contribution in [0, 0.1) is 17.6 Å². The number of carbonyl (C=O) groups is 1. The minimum atomic E-state index is -1.05. The molecule has 20 heavy (non-hydrogen) atoms. The number of nitrogens with one attached hydrogen (secondary N) is 1. The number of hydrogen-bond donors (Lipinski definition) is 1. The Bertz CT molecular complexity index is 535. The fourth-order valence-corrected chi connectivity index (χ4v) is 3.36. The normalized spacial score (nSPS) is 28.4. The molecular formula is C15H17F2NO2. The number of piperidine rings is 1. The molecule has 1 N–H and O–H groups in total. The third-order valence-electron chi connectivity index (χ3n) is 4.34. The molecule has 0 aliphatic carbocycles. The fourth-order valence-electron chi connectivity index (χ4n) is 3.36. The molecule has 1 aromatic rings. The average molecular weight is 281 g/mol. The topological polar surface area (TPSA) is 38.3 Å². The van der Waals surface area contributed by atoms with Gasteiger partial charge in [0, 0.05) is 23.6 Å². The van der Waals surface area contributed by atoms with Gasteiger partial charge >= 0.3 is 0 Å². The Morgan fingerprint density at radius 1 is 1.25 bits per heavy atom. The quantitative estimate of drug-likeness (QED) is 0.866. The predicted octanol–water partition coefficient (Wildman–Crippen LogP) is 2.69. The summed E-state index contributed by atoms with van der Waals surface area (Å²) in [5, 5.41) is 3.46. The summed E-state index contributed by atoms with van der Waals surface area (Å²) in [6.07, 6.45) is 3.73. The van der Waals surface area contributed by atoms with E-state index in [1.165, 1.54) is 13.2 Å². The zero-order valence-corrected chi connectivity index (χ0v) is 11.3. The van der Waals surface area contributed by atoms with Crippen LogP contribution in [0.1, 0.15) is 36.0 Å². The minimum absolute atomic E-state index is 0.108. The maximum absolute atomic E-state index is 13.5. The first kappa shape index (κ1) is 13.5. The number of fused-ring (bicyclic) bond motifs is 2. The Hall–Kier alpha value is -1.49. The van der Waals surface area contributed by atoms with Crippen molar-refractivity contribution in [1.29, 1.82) is 0 Å². The van der Waals surface area contributed by atoms with Gasteiger partial charge in [0.15, 0.2) is 17.3 Å². The van der Waals surface area contributed by atoms with Crippen molar-refractivity contribution in [1.82, 2.24) is 5.32 Å². The van der Waals surface area contributed by atoms with Gasteiger partial charge in [-0.25, -0.2) is 4.39 Å². The maximum Gasteiger partial charge on any atom is 0.200 e. The molecule has 2 unspecified atom stereocenters. The lowest BCUT2D eigenvalue weighted by Crippen LogP contribution is -2.40. The molecular weight excluding hydrogens is 264 g/mol. The summed E-state index contributed by atoms with van der Waals surface area (Å²) in [4.78, 5) is 12.5. The van der Waals surface area contributed by atoms with Crippen molar-refractivity contribution in [2.24, 2.45) is 5.92 Å². The van der Waals surface area contributed by atoms with Crippen molar-refractivity contribution in [3.8, 4) is 5.75 Å². The first-order chi connectivity index (χ1) is 9.58. The summed E-state index contributed by atoms with van der Waals surface area (Å²) in [5.74, 6) is -2.52. The van der Waals surface area contributed by atoms with E-state index in [-0.39, 0.29) is 23.0 Å². The first-order valence-corrected chi connectivity index (χ1v) is 6.91. The third-order valence-corrected chi connectivity index (χ3v) is 4.34. The number of ether oxygens (including phenoxy) is 1. The Morgan fingerprint density at radius 3 is 2.50 bits per heavy atom. The molecule has 3 rings (SSSR count). The fraction of sp³-hybridized carbons (Fsp3) is 0.533. The van der Waals surface area contributed by atoms with Crippen LogP contribution in [0.15, 0.2) is 12.1 Å². The van der Waals surface area contributed by atoms with Crippen LogP contribution in [-0.4, -0.2) is 25.0 Å². The largest absolute Gasteiger partial charge is 0.494 e. The zero-order chi connectivity index (χ0) is 14.3. The van der Waals surface area contributed by atoms with Gasteiger partial charge in [-0.1, -0.05) is 0 Å². The van der Waals surface area contributed by atoms with Crippen molar-refractivity contribution in [3.05, 3.63) is 29.3 Å². The van der Waals surface area contributed by atoms with E-state index in [2.05, 4.69) is 5.32 Å². The molecule has 2 bridgehead atoms. The number of benzene rings is 1. The number of hydrogen-bond acceptors (Lipinski definition) is 3. The highest BCUT2D eigenvalue weighted by Gasteiger charge is 2.37. The lowest BCUT2D eigenvalue weighted by Gasteiger charge is -2.28. The molecule has 2 atom stereocenters. The van der Waals surface area contributed by atoms with Crippen LogP contribution in [0.4, 0.5) is 8.78 Å². The number of ketones is 1. The Morgan fingerprint density at radius 2 is 1.90 bits per heavy atom. The SMILES string of the molecule is COc1cc(C(=O)C2CC3CCC(C2)N3)cc(F)c1F. The van der Waals surface area contributed by atoms with E-state index < -0.39 is 11.6 Å². The van der Waals surface area contributed by atoms with Crippen LogP contribution in [0.2, 0.25) is 0 Å². The summed E-state index contributed by atoms with van der Waals surface area (Å²) >= 11 is 0. The van der Waals surface area contributed by atoms with Gasteiger partial charge in [-0.15, -0.1) is 0 Å². The molecule has 108 valence electrons. The summed E-state index contributed by atoms with van der Waals surface area (Å²) in [6, 6.07) is 3.04. The van der Waals surface area contributed by atoms with E-state index in [1.54, 1.807) is 0 Å². The molecule has 2 saturated heterocycles. The second kappa shape index (κ2) is 5.13. The Kier molecular flexibility index (Phi) is 3.46. The van der Waals surface area contributed by atoms with E-state index in [4.69, 9.17) is 4.74 Å². The van der Waals surface area contributed by atoms with Gasteiger partial charge in [0.1, 0.15) is 0 Å². The highest BCUT2D eigenvalue weighted by molar-refractivity contribution is 5.98. The van der Waals surface area contributed by atoms with Gasteiger partial charge in [0.05, 0.1) is 7.11 Å². The molecule has 0 amide bonds. The van der Waals surface area contributed by atoms with Crippen molar-refractivity contribution in [2.45, 2.75) is 37.8 Å². The zero-order valence-electron chi connectivity index (χ0n) is 11.3. The van der Waals surface area contributed by atoms with E-state index in [9.17, 15) is 13.6 Å². The van der Waals surface area contributed by atoms with Crippen molar-refractivity contribution < 1.29 is 18.3 Å². The van der Waals surface area contributed by atoms with Crippen molar-refractivity contribution >= 4 is 5.78 Å². The number of methoxy groups -OCH3 is 1. The van der Waals surface area contributed by atoms with E-state index >= 15 is 0 Å². The Balaban J connectivity index is 1.85. The molecule has 0 spiro atoms. The standard InChI is InChI=1S/C15H17F2NO2/c1-20-13-7-9(6-12(16)14(13)17)15(19)8-4-10-2-3-11(5-8)18-10/h6-8,10-11,18H,2-5H2,1H3. The second-order valence-electron chi connectivity index (χ2n) is 5.64. The van der Waals surface area contributed by atoms with Gasteiger partial charge in [0.25, 0.3) is 0 Å². The lowest BCUT2D eigenvalue weighted by molar-refractivity contribution is 0.0874. The monoisotopic (exact) mass is 281 g/mol. The summed E-state index contributed by atoms with van der Waals surface area (Å²) in [7, 11) is 1.26. The molecule has 2 heterocycles. The molecule has 0 aromatic heterocycles. The summed E-state index contributed by atoms with van der Waals surface area (Å²) < 4.78 is 31.7. The molecule has 0 radical (unpaired) electrons. The second-order valence-corrected chi connectivity index (χ2v) is 5.64. The van der Waals surface area contributed by atoms with Gasteiger partial charge in [-0.05, 0) is 37.8 Å². The first-order valence-electron chi connectivity index (χ1n) is 6.91. The Labute approximate surface area is 116 Å². The summed E-state index contributed by atoms with van der Waals surface area (Å²) in [5.41, 5.74) is 0.201. The number of Topliss-reactive ketones (excluding diaryl/α,β-unsaturated/α-hetero) is 1. The predicted molar refractivity (Wildman–Crippen MR) is 69.9 cm³/mol. The van der Waals surface area contributed by atoms with E-state index in [0.29, 0.717) is 12.1 Å². The van der Waals surface area contributed by atoms with Gasteiger partial charge in [-0.2, -0.15) is 4.39 Å². The van der Waals surface area contributed by atoms with Gasteiger partial charge < -0.3 is 10.1 Å². The minimum Gasteiger partial charge on any atom is -0.494 e. The van der Waals surface area contributed by atoms with Crippen LogP contribution in [0.3, 0.4) is 0 Å².